The van der Waals surface area contributed by atoms with Crippen LogP contribution >= 0.6 is 0 Å². The van der Waals surface area contributed by atoms with Crippen LogP contribution in [0.5, 0.6) is 5.75 Å². The molecule has 0 bridgehead atoms. The van der Waals surface area contributed by atoms with Crippen LogP contribution in [-0.4, -0.2) is 25.7 Å². The molecule has 1 aliphatic heterocycles. The second-order valence-electron chi connectivity index (χ2n) is 4.05. The topological polar surface area (TPSA) is 71.3 Å². The van der Waals surface area contributed by atoms with Gasteiger partial charge in [0, 0.05) is 6.42 Å². The minimum atomic E-state index is -0.381. The van der Waals surface area contributed by atoms with Gasteiger partial charge in [0.2, 0.25) is 0 Å². The van der Waals surface area contributed by atoms with Crippen LogP contribution in [0.15, 0.2) is 18.2 Å². The first kappa shape index (κ1) is 12.2. The number of esters is 1. The average molecular weight is 246 g/mol. The van der Waals surface area contributed by atoms with Crippen LogP contribution in [0.1, 0.15) is 23.2 Å². The van der Waals surface area contributed by atoms with Crippen LogP contribution in [0.4, 0.5) is 5.69 Å². The summed E-state index contributed by atoms with van der Waals surface area (Å²) in [4.78, 5) is 11.4. The smallest absolute Gasteiger partial charge is 0.337 e. The fourth-order valence-corrected chi connectivity index (χ4v) is 1.85. The highest BCUT2D eigenvalue weighted by Crippen LogP contribution is 2.30. The van der Waals surface area contributed by atoms with Crippen molar-refractivity contribution in [3.05, 3.63) is 23.8 Å². The number of hydrogen-bond acceptors (Lipinski definition) is 5. The molecule has 0 spiro atoms. The van der Waals surface area contributed by atoms with Gasteiger partial charge in [-0.25, -0.2) is 4.79 Å². The number of nitrogens with one attached hydrogen (secondary N) is 1. The Labute approximate surface area is 105 Å². The van der Waals surface area contributed by atoms with Gasteiger partial charge in [-0.1, -0.05) is 0 Å². The predicted octanol–water partition coefficient (Wildman–Crippen LogP) is 1.95. The largest absolute Gasteiger partial charge is 0.489 e. The Morgan fingerprint density at radius 3 is 3.22 bits per heavy atom. The molecule has 0 aliphatic carbocycles. The average Bonchev–Trinajstić information content (AvgIpc) is 2.43. The summed E-state index contributed by atoms with van der Waals surface area (Å²) in [5.41, 5.74) is 1.31. The Balaban J connectivity index is 2.11. The van der Waals surface area contributed by atoms with E-state index in [0.29, 0.717) is 24.3 Å². The number of ether oxygens (including phenoxy) is 2. The highest BCUT2D eigenvalue weighted by atomic mass is 16.5. The van der Waals surface area contributed by atoms with Crippen molar-refractivity contribution in [1.82, 2.24) is 0 Å². The molecule has 1 aromatic carbocycles. The molecule has 0 radical (unpaired) electrons. The molecule has 0 aromatic heterocycles. The maximum atomic E-state index is 11.4. The number of nitrogens with zero attached hydrogens (tertiary/aromatic N) is 1. The summed E-state index contributed by atoms with van der Waals surface area (Å²) in [6, 6.07) is 7.40. The SMILES string of the molecule is COC(=O)c1ccc2c(c1)OCC(CCC#N)N2. The number of fused-ring (bicyclic) bond motifs is 1. The van der Waals surface area contributed by atoms with E-state index in [9.17, 15) is 4.79 Å². The quantitative estimate of drug-likeness (QED) is 0.825. The van der Waals surface area contributed by atoms with Gasteiger partial charge in [-0.05, 0) is 24.6 Å². The third kappa shape index (κ3) is 2.54. The van der Waals surface area contributed by atoms with Crippen LogP contribution in [0.2, 0.25) is 0 Å². The first-order valence-corrected chi connectivity index (χ1v) is 5.73. The van der Waals surface area contributed by atoms with E-state index in [1.54, 1.807) is 18.2 Å². The van der Waals surface area contributed by atoms with Crippen molar-refractivity contribution in [2.45, 2.75) is 18.9 Å². The van der Waals surface area contributed by atoms with Crippen molar-refractivity contribution in [1.29, 1.82) is 5.26 Å². The van der Waals surface area contributed by atoms with Gasteiger partial charge in [-0.3, -0.25) is 0 Å². The first-order chi connectivity index (χ1) is 8.74. The third-order valence-electron chi connectivity index (χ3n) is 2.81. The van der Waals surface area contributed by atoms with Crippen molar-refractivity contribution in [3.63, 3.8) is 0 Å². The number of rotatable bonds is 3. The van der Waals surface area contributed by atoms with Crippen LogP contribution < -0.4 is 10.1 Å². The first-order valence-electron chi connectivity index (χ1n) is 5.73. The lowest BCUT2D eigenvalue weighted by Crippen LogP contribution is -2.31. The number of anilines is 1. The Kier molecular flexibility index (Phi) is 3.68. The van der Waals surface area contributed by atoms with Gasteiger partial charge in [0.15, 0.2) is 0 Å². The monoisotopic (exact) mass is 246 g/mol. The van der Waals surface area contributed by atoms with Gasteiger partial charge >= 0.3 is 5.97 Å². The number of carbonyl (C=O) groups is 1. The van der Waals surface area contributed by atoms with E-state index in [1.165, 1.54) is 7.11 Å². The van der Waals surface area contributed by atoms with Gasteiger partial charge in [0.05, 0.1) is 30.5 Å². The minimum absolute atomic E-state index is 0.140. The Bertz CT molecular complexity index is 493. The molecule has 0 saturated carbocycles. The van der Waals surface area contributed by atoms with Gasteiger partial charge in [0.1, 0.15) is 12.4 Å². The van der Waals surface area contributed by atoms with Gasteiger partial charge < -0.3 is 14.8 Å². The zero-order chi connectivity index (χ0) is 13.0. The number of methoxy groups -OCH3 is 1. The molecular formula is C13H14N2O3. The lowest BCUT2D eigenvalue weighted by molar-refractivity contribution is 0.0600. The Hall–Kier alpha value is -2.22. The van der Waals surface area contributed by atoms with Gasteiger partial charge in [-0.2, -0.15) is 5.26 Å². The molecule has 5 nitrogen and oxygen atoms in total. The predicted molar refractivity (Wildman–Crippen MR) is 65.5 cm³/mol. The van der Waals surface area contributed by atoms with E-state index in [0.717, 1.165) is 12.1 Å². The van der Waals surface area contributed by atoms with Crippen LogP contribution in [0, 0.1) is 11.3 Å². The Morgan fingerprint density at radius 2 is 2.50 bits per heavy atom. The summed E-state index contributed by atoms with van der Waals surface area (Å²) < 4.78 is 10.2. The summed E-state index contributed by atoms with van der Waals surface area (Å²) >= 11 is 0. The lowest BCUT2D eigenvalue weighted by Gasteiger charge is -2.27. The molecule has 1 heterocycles. The number of nitriles is 1. The van der Waals surface area contributed by atoms with Crippen LogP contribution in [0.3, 0.4) is 0 Å². The summed E-state index contributed by atoms with van der Waals surface area (Å²) in [7, 11) is 1.35. The zero-order valence-electron chi connectivity index (χ0n) is 10.1. The minimum Gasteiger partial charge on any atom is -0.489 e. The van der Waals surface area contributed by atoms with Crippen molar-refractivity contribution in [2.75, 3.05) is 19.0 Å². The third-order valence-corrected chi connectivity index (χ3v) is 2.81. The van der Waals surface area contributed by atoms with Gasteiger partial charge in [0.25, 0.3) is 0 Å². The molecule has 1 aromatic rings. The van der Waals surface area contributed by atoms with E-state index in [-0.39, 0.29) is 12.0 Å². The molecule has 94 valence electrons. The number of carbonyl (C=O) groups excluding carboxylic acids is 1. The van der Waals surface area contributed by atoms with Gasteiger partial charge in [-0.15, -0.1) is 0 Å². The normalized spacial score (nSPS) is 16.8. The summed E-state index contributed by atoms with van der Waals surface area (Å²) in [5, 5.41) is 11.8. The maximum Gasteiger partial charge on any atom is 0.337 e. The summed E-state index contributed by atoms with van der Waals surface area (Å²) in [5.74, 6) is 0.263. The molecule has 1 atom stereocenters. The fourth-order valence-electron chi connectivity index (χ4n) is 1.85. The van der Waals surface area contributed by atoms with E-state index in [1.807, 2.05) is 0 Å². The summed E-state index contributed by atoms with van der Waals surface area (Å²) in [6.07, 6.45) is 1.24. The maximum absolute atomic E-state index is 11.4. The number of benzene rings is 1. The highest BCUT2D eigenvalue weighted by molar-refractivity contribution is 5.90. The van der Waals surface area contributed by atoms with Crippen LogP contribution in [-0.2, 0) is 4.74 Å². The second kappa shape index (κ2) is 5.41. The summed E-state index contributed by atoms with van der Waals surface area (Å²) in [6.45, 7) is 0.499. The van der Waals surface area contributed by atoms with Crippen molar-refractivity contribution in [2.24, 2.45) is 0 Å². The fraction of sp³-hybridized carbons (Fsp3) is 0.385. The zero-order valence-corrected chi connectivity index (χ0v) is 10.1. The molecule has 18 heavy (non-hydrogen) atoms. The highest BCUT2D eigenvalue weighted by Gasteiger charge is 2.20. The molecule has 1 unspecified atom stereocenters. The Morgan fingerprint density at radius 1 is 1.67 bits per heavy atom. The van der Waals surface area contributed by atoms with Crippen molar-refractivity contribution >= 4 is 11.7 Å². The standard InChI is InChI=1S/C13H14N2O3/c1-17-13(16)9-4-5-11-12(7-9)18-8-10(15-11)3-2-6-14/h4-5,7,10,15H,2-3,8H2,1H3. The molecule has 0 saturated heterocycles. The lowest BCUT2D eigenvalue weighted by atomic mass is 10.1. The second-order valence-corrected chi connectivity index (χ2v) is 4.05. The molecule has 1 aliphatic rings. The van der Waals surface area contributed by atoms with E-state index < -0.39 is 0 Å². The van der Waals surface area contributed by atoms with E-state index >= 15 is 0 Å². The molecule has 1 N–H and O–H groups in total. The molecular weight excluding hydrogens is 232 g/mol. The molecule has 0 amide bonds. The number of hydrogen-bond donors (Lipinski definition) is 1. The van der Waals surface area contributed by atoms with Crippen LogP contribution in [0.25, 0.3) is 0 Å². The van der Waals surface area contributed by atoms with Crippen molar-refractivity contribution in [3.8, 4) is 11.8 Å². The molecule has 0 fully saturated rings. The molecule has 5 heteroatoms. The van der Waals surface area contributed by atoms with E-state index in [4.69, 9.17) is 10.00 Å². The molecule has 2 rings (SSSR count). The van der Waals surface area contributed by atoms with E-state index in [2.05, 4.69) is 16.1 Å². The van der Waals surface area contributed by atoms with Crippen molar-refractivity contribution < 1.29 is 14.3 Å².